The molecular weight excluding hydrogens is 332 g/mol. The molecule has 0 saturated carbocycles. The summed E-state index contributed by atoms with van der Waals surface area (Å²) in [5, 5.41) is 9.44. The van der Waals surface area contributed by atoms with Crippen molar-refractivity contribution in [1.29, 1.82) is 0 Å². The van der Waals surface area contributed by atoms with Crippen LogP contribution in [0.5, 0.6) is 11.5 Å². The molecule has 0 spiro atoms. The third kappa shape index (κ3) is 3.28. The smallest absolute Gasteiger partial charge is 0.336 e. The molecule has 1 N–H and O–H groups in total. The lowest BCUT2D eigenvalue weighted by Gasteiger charge is -2.09. The van der Waals surface area contributed by atoms with Crippen LogP contribution in [0.25, 0.3) is 0 Å². The summed E-state index contributed by atoms with van der Waals surface area (Å²) in [4.78, 5) is 10.9. The Kier molecular flexibility index (Phi) is 4.12. The molecule has 0 aliphatic carbocycles. The molecule has 0 radical (unpaired) electrons. The highest BCUT2D eigenvalue weighted by atomic mass is 79.9. The van der Waals surface area contributed by atoms with Gasteiger partial charge in [-0.15, -0.1) is 0 Å². The van der Waals surface area contributed by atoms with E-state index in [1.807, 2.05) is 19.1 Å². The lowest BCUT2D eigenvalue weighted by atomic mass is 10.2. The molecule has 2 aromatic carbocycles. The number of halogens is 2. The molecule has 3 nitrogen and oxygen atoms in total. The maximum absolute atomic E-state index is 10.9. The van der Waals surface area contributed by atoms with Crippen LogP contribution >= 0.6 is 27.5 Å². The van der Waals surface area contributed by atoms with Crippen LogP contribution in [0.15, 0.2) is 40.9 Å². The van der Waals surface area contributed by atoms with Crippen LogP contribution in [-0.4, -0.2) is 11.1 Å². The molecule has 0 aromatic heterocycles. The van der Waals surface area contributed by atoms with Crippen molar-refractivity contribution >= 4 is 33.5 Å². The first-order valence-electron chi connectivity index (χ1n) is 5.44. The average molecular weight is 342 g/mol. The van der Waals surface area contributed by atoms with E-state index in [0.717, 1.165) is 5.56 Å². The summed E-state index contributed by atoms with van der Waals surface area (Å²) in [6.45, 7) is 1.94. The van der Waals surface area contributed by atoms with Gasteiger partial charge >= 0.3 is 5.97 Å². The van der Waals surface area contributed by atoms with Gasteiger partial charge in [0.25, 0.3) is 0 Å². The van der Waals surface area contributed by atoms with E-state index in [0.29, 0.717) is 21.0 Å². The third-order valence-corrected chi connectivity index (χ3v) is 3.45. The summed E-state index contributed by atoms with van der Waals surface area (Å²) in [5.41, 5.74) is 1.21. The maximum Gasteiger partial charge on any atom is 0.336 e. The first-order chi connectivity index (χ1) is 8.97. The summed E-state index contributed by atoms with van der Waals surface area (Å²) >= 11 is 9.24. The summed E-state index contributed by atoms with van der Waals surface area (Å²) in [6.07, 6.45) is 0. The molecule has 2 aromatic rings. The molecule has 0 saturated heterocycles. The molecule has 0 amide bonds. The monoisotopic (exact) mass is 340 g/mol. The van der Waals surface area contributed by atoms with Crippen molar-refractivity contribution in [2.24, 2.45) is 0 Å². The number of ether oxygens (including phenoxy) is 1. The molecule has 0 bridgehead atoms. The van der Waals surface area contributed by atoms with Gasteiger partial charge in [-0.05, 0) is 58.7 Å². The van der Waals surface area contributed by atoms with Gasteiger partial charge in [0, 0.05) is 4.47 Å². The van der Waals surface area contributed by atoms with Crippen molar-refractivity contribution in [1.82, 2.24) is 0 Å². The standard InChI is InChI=1S/C14H10BrClO3/c1-8-2-5-12(16)13(6-8)19-9-3-4-10(14(17)18)11(15)7-9/h2-7H,1H3,(H,17,18). The summed E-state index contributed by atoms with van der Waals surface area (Å²) in [6, 6.07) is 10.1. The number of aromatic carboxylic acids is 1. The molecule has 98 valence electrons. The zero-order valence-corrected chi connectivity index (χ0v) is 12.3. The van der Waals surface area contributed by atoms with Gasteiger partial charge < -0.3 is 9.84 Å². The fourth-order valence-electron chi connectivity index (χ4n) is 1.55. The number of hydrogen-bond acceptors (Lipinski definition) is 2. The van der Waals surface area contributed by atoms with Crippen LogP contribution in [0.2, 0.25) is 5.02 Å². The Morgan fingerprint density at radius 2 is 2.00 bits per heavy atom. The van der Waals surface area contributed by atoms with E-state index >= 15 is 0 Å². The van der Waals surface area contributed by atoms with E-state index in [2.05, 4.69) is 15.9 Å². The Hall–Kier alpha value is -1.52. The Balaban J connectivity index is 2.31. The van der Waals surface area contributed by atoms with Crippen LogP contribution in [0, 0.1) is 6.92 Å². The molecule has 19 heavy (non-hydrogen) atoms. The molecule has 0 heterocycles. The number of carboxylic acid groups (broad SMARTS) is 1. The summed E-state index contributed by atoms with van der Waals surface area (Å²) in [5.74, 6) is 0.0630. The zero-order valence-electron chi connectivity index (χ0n) is 9.98. The highest BCUT2D eigenvalue weighted by molar-refractivity contribution is 9.10. The zero-order chi connectivity index (χ0) is 14.0. The second-order valence-corrected chi connectivity index (χ2v) is 5.24. The minimum atomic E-state index is -0.994. The van der Waals surface area contributed by atoms with Crippen molar-refractivity contribution < 1.29 is 14.6 Å². The minimum Gasteiger partial charge on any atom is -0.478 e. The van der Waals surface area contributed by atoms with Gasteiger partial charge in [0.2, 0.25) is 0 Å². The van der Waals surface area contributed by atoms with Crippen LogP contribution in [0.4, 0.5) is 0 Å². The number of carboxylic acids is 1. The molecule has 2 rings (SSSR count). The number of carbonyl (C=O) groups is 1. The van der Waals surface area contributed by atoms with E-state index in [1.54, 1.807) is 18.2 Å². The first-order valence-corrected chi connectivity index (χ1v) is 6.61. The van der Waals surface area contributed by atoms with Crippen molar-refractivity contribution in [3.8, 4) is 11.5 Å². The van der Waals surface area contributed by atoms with Gasteiger partial charge in [-0.3, -0.25) is 0 Å². The number of aryl methyl sites for hydroxylation is 1. The molecule has 0 fully saturated rings. The normalized spacial score (nSPS) is 10.3. The Morgan fingerprint density at radius 3 is 2.63 bits per heavy atom. The van der Waals surface area contributed by atoms with Crippen LogP contribution in [-0.2, 0) is 0 Å². The molecular formula is C14H10BrClO3. The molecule has 0 atom stereocenters. The van der Waals surface area contributed by atoms with Gasteiger partial charge in [-0.2, -0.15) is 0 Å². The number of benzene rings is 2. The van der Waals surface area contributed by atoms with E-state index < -0.39 is 5.97 Å². The van der Waals surface area contributed by atoms with Crippen molar-refractivity contribution in [3.05, 3.63) is 57.0 Å². The van der Waals surface area contributed by atoms with Gasteiger partial charge in [-0.25, -0.2) is 4.79 Å². The predicted octanol–water partition coefficient (Wildman–Crippen LogP) is 4.90. The molecule has 0 aliphatic rings. The average Bonchev–Trinajstić information content (AvgIpc) is 2.33. The van der Waals surface area contributed by atoms with Crippen molar-refractivity contribution in [2.75, 3.05) is 0 Å². The Morgan fingerprint density at radius 1 is 1.26 bits per heavy atom. The summed E-state index contributed by atoms with van der Waals surface area (Å²) < 4.78 is 6.11. The topological polar surface area (TPSA) is 46.5 Å². The number of hydrogen-bond donors (Lipinski definition) is 1. The van der Waals surface area contributed by atoms with Gasteiger partial charge in [0.05, 0.1) is 10.6 Å². The van der Waals surface area contributed by atoms with Crippen LogP contribution in [0.1, 0.15) is 15.9 Å². The Labute approximate surface area is 123 Å². The van der Waals surface area contributed by atoms with E-state index in [4.69, 9.17) is 21.4 Å². The van der Waals surface area contributed by atoms with Gasteiger partial charge in [0.1, 0.15) is 11.5 Å². The lowest BCUT2D eigenvalue weighted by molar-refractivity contribution is 0.0696. The second kappa shape index (κ2) is 5.63. The summed E-state index contributed by atoms with van der Waals surface area (Å²) in [7, 11) is 0. The fourth-order valence-corrected chi connectivity index (χ4v) is 2.23. The fraction of sp³-hybridized carbons (Fsp3) is 0.0714. The largest absolute Gasteiger partial charge is 0.478 e. The first kappa shape index (κ1) is 13.9. The second-order valence-electron chi connectivity index (χ2n) is 3.98. The third-order valence-electron chi connectivity index (χ3n) is 2.49. The van der Waals surface area contributed by atoms with Crippen molar-refractivity contribution in [2.45, 2.75) is 6.92 Å². The minimum absolute atomic E-state index is 0.183. The van der Waals surface area contributed by atoms with Gasteiger partial charge in [0.15, 0.2) is 0 Å². The highest BCUT2D eigenvalue weighted by Gasteiger charge is 2.10. The molecule has 0 aliphatic heterocycles. The maximum atomic E-state index is 10.9. The van der Waals surface area contributed by atoms with Gasteiger partial charge in [-0.1, -0.05) is 17.7 Å². The predicted molar refractivity (Wildman–Crippen MR) is 77.4 cm³/mol. The molecule has 0 unspecified atom stereocenters. The van der Waals surface area contributed by atoms with Crippen LogP contribution < -0.4 is 4.74 Å². The quantitative estimate of drug-likeness (QED) is 0.863. The van der Waals surface area contributed by atoms with E-state index in [9.17, 15) is 4.79 Å². The van der Waals surface area contributed by atoms with Crippen molar-refractivity contribution in [3.63, 3.8) is 0 Å². The lowest BCUT2D eigenvalue weighted by Crippen LogP contribution is -1.97. The van der Waals surface area contributed by atoms with Crippen LogP contribution in [0.3, 0.4) is 0 Å². The molecule has 5 heteroatoms. The highest BCUT2D eigenvalue weighted by Crippen LogP contribution is 2.32. The van der Waals surface area contributed by atoms with E-state index in [-0.39, 0.29) is 5.56 Å². The van der Waals surface area contributed by atoms with E-state index in [1.165, 1.54) is 6.07 Å². The Bertz CT molecular complexity index is 641. The number of rotatable bonds is 3. The SMILES string of the molecule is Cc1ccc(Cl)c(Oc2ccc(C(=O)O)c(Br)c2)c1.